The maximum Gasteiger partial charge on any atom is 0.416 e. The fourth-order valence-corrected chi connectivity index (χ4v) is 3.87. The summed E-state index contributed by atoms with van der Waals surface area (Å²) in [6.45, 7) is 1.24. The van der Waals surface area contributed by atoms with Gasteiger partial charge in [-0.3, -0.25) is 9.69 Å². The van der Waals surface area contributed by atoms with Crippen LogP contribution in [0.15, 0.2) is 48.5 Å². The van der Waals surface area contributed by atoms with Gasteiger partial charge in [-0.15, -0.1) is 0 Å². The largest absolute Gasteiger partial charge is 0.481 e. The Morgan fingerprint density at radius 3 is 2.34 bits per heavy atom. The molecule has 1 fully saturated rings. The first-order valence-electron chi connectivity index (χ1n) is 9.38. The second-order valence-corrected chi connectivity index (χ2v) is 7.40. The summed E-state index contributed by atoms with van der Waals surface area (Å²) in [6, 6.07) is 14.3. The minimum atomic E-state index is -4.39. The third kappa shape index (κ3) is 5.36. The number of halogens is 3. The van der Waals surface area contributed by atoms with Crippen molar-refractivity contribution >= 4 is 5.97 Å². The van der Waals surface area contributed by atoms with E-state index in [4.69, 9.17) is 10.4 Å². The van der Waals surface area contributed by atoms with Gasteiger partial charge >= 0.3 is 12.1 Å². The molecule has 1 saturated heterocycles. The number of aliphatic carboxylic acids is 1. The zero-order valence-corrected chi connectivity index (χ0v) is 15.7. The molecule has 2 aromatic rings. The van der Waals surface area contributed by atoms with Crippen LogP contribution in [-0.4, -0.2) is 22.5 Å². The highest BCUT2D eigenvalue weighted by Crippen LogP contribution is 2.38. The molecule has 3 rings (SSSR count). The van der Waals surface area contributed by atoms with E-state index in [-0.39, 0.29) is 18.4 Å². The second kappa shape index (κ2) is 8.66. The van der Waals surface area contributed by atoms with E-state index in [9.17, 15) is 18.0 Å². The molecule has 0 saturated carbocycles. The Hall–Kier alpha value is -2.85. The van der Waals surface area contributed by atoms with Crippen molar-refractivity contribution in [2.24, 2.45) is 5.92 Å². The molecule has 0 aromatic heterocycles. The lowest BCUT2D eigenvalue weighted by Gasteiger charge is -2.39. The Morgan fingerprint density at radius 1 is 1.14 bits per heavy atom. The summed E-state index contributed by atoms with van der Waals surface area (Å²) in [5, 5.41) is 18.1. The fraction of sp³-hybridized carbons (Fsp3) is 0.364. The molecule has 29 heavy (non-hydrogen) atoms. The average molecular weight is 402 g/mol. The van der Waals surface area contributed by atoms with Crippen LogP contribution in [0.1, 0.15) is 47.6 Å². The molecule has 0 amide bonds. The molecule has 2 atom stereocenters. The molecule has 1 heterocycles. The molecule has 1 N–H and O–H groups in total. The number of nitrogens with zero attached hydrogens (tertiary/aromatic N) is 2. The van der Waals surface area contributed by atoms with Gasteiger partial charge < -0.3 is 5.11 Å². The lowest BCUT2D eigenvalue weighted by molar-refractivity contribution is -0.139. The van der Waals surface area contributed by atoms with Gasteiger partial charge in [0.15, 0.2) is 0 Å². The highest BCUT2D eigenvalue weighted by Gasteiger charge is 2.33. The van der Waals surface area contributed by atoms with E-state index >= 15 is 0 Å². The van der Waals surface area contributed by atoms with E-state index in [2.05, 4.69) is 11.0 Å². The van der Waals surface area contributed by atoms with E-state index in [1.807, 2.05) is 12.1 Å². The minimum absolute atomic E-state index is 0.0167. The number of carbonyl (C=O) groups is 1. The highest BCUT2D eigenvalue weighted by molar-refractivity contribution is 5.67. The van der Waals surface area contributed by atoms with Crippen molar-refractivity contribution in [2.75, 3.05) is 6.54 Å². The third-order valence-corrected chi connectivity index (χ3v) is 5.38. The number of carboxylic acids is 1. The van der Waals surface area contributed by atoms with Gasteiger partial charge in [0, 0.05) is 19.0 Å². The summed E-state index contributed by atoms with van der Waals surface area (Å²) in [5.74, 6) is -0.876. The monoisotopic (exact) mass is 402 g/mol. The first-order valence-corrected chi connectivity index (χ1v) is 9.38. The van der Waals surface area contributed by atoms with Crippen molar-refractivity contribution in [1.29, 1.82) is 5.26 Å². The molecule has 7 heteroatoms. The Balaban J connectivity index is 1.83. The smallest absolute Gasteiger partial charge is 0.416 e. The normalized spacial score (nSPS) is 20.2. The van der Waals surface area contributed by atoms with Gasteiger partial charge in [0.2, 0.25) is 0 Å². The molecular weight excluding hydrogens is 381 g/mol. The zero-order chi connectivity index (χ0) is 21.0. The first-order chi connectivity index (χ1) is 13.8. The second-order valence-electron chi connectivity index (χ2n) is 7.40. The standard InChI is InChI=1S/C22H21F3N2O2/c23-22(24,25)19-7-5-18(6-8-19)20-11-17(12-21(28)29)9-10-27(20)14-16-3-1-15(13-26)2-4-16/h1-8,17,20H,9-12,14H2,(H,28,29). The number of hydrogen-bond acceptors (Lipinski definition) is 3. The van der Waals surface area contributed by atoms with Gasteiger partial charge in [0.1, 0.15) is 0 Å². The number of alkyl halides is 3. The van der Waals surface area contributed by atoms with Crippen LogP contribution in [0.4, 0.5) is 13.2 Å². The quantitative estimate of drug-likeness (QED) is 0.764. The van der Waals surface area contributed by atoms with Crippen LogP contribution < -0.4 is 0 Å². The van der Waals surface area contributed by atoms with Gasteiger partial charge in [-0.25, -0.2) is 0 Å². The summed E-state index contributed by atoms with van der Waals surface area (Å²) in [6.07, 6.45) is -3.03. The van der Waals surface area contributed by atoms with E-state index in [1.165, 1.54) is 12.1 Å². The van der Waals surface area contributed by atoms with Gasteiger partial charge in [-0.2, -0.15) is 18.4 Å². The minimum Gasteiger partial charge on any atom is -0.481 e. The number of hydrogen-bond donors (Lipinski definition) is 1. The lowest BCUT2D eigenvalue weighted by Crippen LogP contribution is -2.37. The van der Waals surface area contributed by atoms with Crippen LogP contribution in [0.5, 0.6) is 0 Å². The Morgan fingerprint density at radius 2 is 1.79 bits per heavy atom. The molecule has 2 aromatic carbocycles. The van der Waals surface area contributed by atoms with Crippen molar-refractivity contribution in [2.45, 2.75) is 38.0 Å². The molecule has 152 valence electrons. The van der Waals surface area contributed by atoms with Crippen LogP contribution in [0.2, 0.25) is 0 Å². The van der Waals surface area contributed by atoms with Gasteiger partial charge in [0.05, 0.1) is 17.2 Å². The van der Waals surface area contributed by atoms with E-state index in [0.717, 1.165) is 29.7 Å². The molecule has 0 bridgehead atoms. The number of benzene rings is 2. The van der Waals surface area contributed by atoms with Crippen LogP contribution in [0.3, 0.4) is 0 Å². The van der Waals surface area contributed by atoms with Gasteiger partial charge in [-0.05, 0) is 60.7 Å². The van der Waals surface area contributed by atoms with E-state index in [1.54, 1.807) is 12.1 Å². The molecule has 0 radical (unpaired) electrons. The maximum atomic E-state index is 12.9. The molecule has 0 aliphatic carbocycles. The van der Waals surface area contributed by atoms with Gasteiger partial charge in [0.25, 0.3) is 0 Å². The van der Waals surface area contributed by atoms with Crippen molar-refractivity contribution in [3.8, 4) is 6.07 Å². The highest BCUT2D eigenvalue weighted by atomic mass is 19.4. The van der Waals surface area contributed by atoms with Crippen LogP contribution >= 0.6 is 0 Å². The predicted molar refractivity (Wildman–Crippen MR) is 101 cm³/mol. The topological polar surface area (TPSA) is 64.3 Å². The summed E-state index contributed by atoms with van der Waals surface area (Å²) >= 11 is 0. The predicted octanol–water partition coefficient (Wildman–Crippen LogP) is 5.01. The number of likely N-dealkylation sites (tertiary alicyclic amines) is 1. The van der Waals surface area contributed by atoms with E-state index < -0.39 is 17.7 Å². The fourth-order valence-electron chi connectivity index (χ4n) is 3.87. The zero-order valence-electron chi connectivity index (χ0n) is 15.7. The van der Waals surface area contributed by atoms with Crippen molar-refractivity contribution in [3.63, 3.8) is 0 Å². The third-order valence-electron chi connectivity index (χ3n) is 5.38. The maximum absolute atomic E-state index is 12.9. The average Bonchev–Trinajstić information content (AvgIpc) is 2.69. The number of carboxylic acid groups (broad SMARTS) is 1. The van der Waals surface area contributed by atoms with Gasteiger partial charge in [-0.1, -0.05) is 24.3 Å². The molecule has 2 unspecified atom stereocenters. The molecule has 1 aliphatic rings. The van der Waals surface area contributed by atoms with Crippen molar-refractivity contribution < 1.29 is 23.1 Å². The summed E-state index contributed by atoms with van der Waals surface area (Å²) in [5.41, 5.74) is 1.62. The number of piperidine rings is 1. The van der Waals surface area contributed by atoms with E-state index in [0.29, 0.717) is 25.1 Å². The first kappa shape index (κ1) is 20.9. The summed E-state index contributed by atoms with van der Waals surface area (Å²) in [4.78, 5) is 13.3. The Labute approximate surface area is 167 Å². The number of rotatable bonds is 5. The van der Waals surface area contributed by atoms with Crippen LogP contribution in [-0.2, 0) is 17.5 Å². The van der Waals surface area contributed by atoms with Crippen LogP contribution in [0.25, 0.3) is 0 Å². The number of nitriles is 1. The lowest BCUT2D eigenvalue weighted by atomic mass is 9.84. The van der Waals surface area contributed by atoms with Crippen LogP contribution in [0, 0.1) is 17.2 Å². The molecule has 0 spiro atoms. The summed E-state index contributed by atoms with van der Waals surface area (Å²) < 4.78 is 38.7. The van der Waals surface area contributed by atoms with Crippen molar-refractivity contribution in [1.82, 2.24) is 4.90 Å². The molecule has 4 nitrogen and oxygen atoms in total. The SMILES string of the molecule is N#Cc1ccc(CN2CCC(CC(=O)O)CC2c2ccc(C(F)(F)F)cc2)cc1. The summed E-state index contributed by atoms with van der Waals surface area (Å²) in [7, 11) is 0. The Kier molecular flexibility index (Phi) is 6.23. The molecular formula is C22H21F3N2O2. The Bertz CT molecular complexity index is 886. The van der Waals surface area contributed by atoms with Crippen molar-refractivity contribution in [3.05, 3.63) is 70.8 Å². The molecule has 1 aliphatic heterocycles.